The second-order valence-electron chi connectivity index (χ2n) is 4.01. The van der Waals surface area contributed by atoms with Crippen LogP contribution in [0.2, 0.25) is 0 Å². The molecule has 3 heteroatoms. The molecule has 90 valence electrons. The third-order valence-electron chi connectivity index (χ3n) is 2.54. The molecule has 0 aliphatic carbocycles. The molecule has 2 nitrogen and oxygen atoms in total. The summed E-state index contributed by atoms with van der Waals surface area (Å²) in [5.41, 5.74) is 0. The van der Waals surface area contributed by atoms with Crippen LogP contribution in [0.4, 0.5) is 0 Å². The van der Waals surface area contributed by atoms with Crippen molar-refractivity contribution in [2.75, 3.05) is 5.75 Å². The van der Waals surface area contributed by atoms with Gasteiger partial charge in [-0.1, -0.05) is 58.4 Å². The fourth-order valence-corrected chi connectivity index (χ4v) is 2.29. The summed E-state index contributed by atoms with van der Waals surface area (Å²) in [5.74, 6) is 0.269. The third kappa shape index (κ3) is 9.98. The summed E-state index contributed by atoms with van der Waals surface area (Å²) in [4.78, 5) is 0. The first kappa shape index (κ1) is 14.7. The van der Waals surface area contributed by atoms with Gasteiger partial charge in [0, 0.05) is 5.41 Å². The molecule has 0 aromatic rings. The summed E-state index contributed by atoms with van der Waals surface area (Å²) in [6.07, 6.45) is 9.43. The first-order valence-corrected chi connectivity index (χ1v) is 7.69. The maximum Gasteiger partial charge on any atom is 0.171 e. The topological polar surface area (TPSA) is 34.1 Å². The lowest BCUT2D eigenvalue weighted by atomic mass is 10.1. The molecule has 0 heterocycles. The number of sulfone groups is 1. The Labute approximate surface area is 94.7 Å². The highest BCUT2D eigenvalue weighted by molar-refractivity contribution is 7.94. The van der Waals surface area contributed by atoms with Crippen LogP contribution in [-0.4, -0.2) is 14.2 Å². The largest absolute Gasteiger partial charge is 0.224 e. The van der Waals surface area contributed by atoms with E-state index >= 15 is 0 Å². The minimum Gasteiger partial charge on any atom is -0.224 e. The SMILES string of the molecule is C=CS(=O)(=O)CCCCCCCCCC. The Hall–Kier alpha value is -0.310. The monoisotopic (exact) mass is 232 g/mol. The molecule has 0 amide bonds. The van der Waals surface area contributed by atoms with Gasteiger partial charge in [0.1, 0.15) is 0 Å². The van der Waals surface area contributed by atoms with E-state index in [4.69, 9.17) is 0 Å². The smallest absolute Gasteiger partial charge is 0.171 e. The van der Waals surface area contributed by atoms with Crippen LogP contribution in [0.1, 0.15) is 58.3 Å². The van der Waals surface area contributed by atoms with Gasteiger partial charge in [-0.15, -0.1) is 0 Å². The van der Waals surface area contributed by atoms with Crippen molar-refractivity contribution in [2.45, 2.75) is 58.3 Å². The molecule has 0 aromatic heterocycles. The van der Waals surface area contributed by atoms with Crippen LogP contribution in [0.25, 0.3) is 0 Å². The summed E-state index contributed by atoms with van der Waals surface area (Å²) in [5, 5.41) is 1.06. The molecule has 0 aliphatic rings. The van der Waals surface area contributed by atoms with Crippen molar-refractivity contribution in [1.29, 1.82) is 0 Å². The zero-order valence-electron chi connectivity index (χ0n) is 9.87. The zero-order valence-corrected chi connectivity index (χ0v) is 10.7. The van der Waals surface area contributed by atoms with Crippen molar-refractivity contribution in [3.63, 3.8) is 0 Å². The van der Waals surface area contributed by atoms with Gasteiger partial charge in [-0.05, 0) is 6.42 Å². The van der Waals surface area contributed by atoms with Gasteiger partial charge >= 0.3 is 0 Å². The molecule has 0 atom stereocenters. The van der Waals surface area contributed by atoms with Crippen LogP contribution >= 0.6 is 0 Å². The molecule has 0 N–H and O–H groups in total. The van der Waals surface area contributed by atoms with Crippen LogP contribution in [0, 0.1) is 0 Å². The first-order valence-electron chi connectivity index (χ1n) is 5.97. The van der Waals surface area contributed by atoms with Gasteiger partial charge in [-0.2, -0.15) is 0 Å². The van der Waals surface area contributed by atoms with Crippen molar-refractivity contribution in [3.05, 3.63) is 12.0 Å². The molecule has 0 radical (unpaired) electrons. The number of rotatable bonds is 10. The molecule has 15 heavy (non-hydrogen) atoms. The lowest BCUT2D eigenvalue weighted by Crippen LogP contribution is -2.01. The van der Waals surface area contributed by atoms with Crippen molar-refractivity contribution in [2.24, 2.45) is 0 Å². The highest BCUT2D eigenvalue weighted by Crippen LogP contribution is 2.09. The van der Waals surface area contributed by atoms with E-state index in [2.05, 4.69) is 13.5 Å². The van der Waals surface area contributed by atoms with Gasteiger partial charge < -0.3 is 0 Å². The summed E-state index contributed by atoms with van der Waals surface area (Å²) >= 11 is 0. The van der Waals surface area contributed by atoms with Gasteiger partial charge in [-0.25, -0.2) is 8.42 Å². The lowest BCUT2D eigenvalue weighted by Gasteiger charge is -2.01. The summed E-state index contributed by atoms with van der Waals surface area (Å²) in [6.45, 7) is 5.50. The standard InChI is InChI=1S/C12H24O2S/c1-3-5-6-7-8-9-10-11-12-15(13,14)4-2/h4H,2-3,5-12H2,1H3. The van der Waals surface area contributed by atoms with E-state index in [0.29, 0.717) is 0 Å². The third-order valence-corrected chi connectivity index (χ3v) is 3.90. The van der Waals surface area contributed by atoms with Crippen LogP contribution in [0.5, 0.6) is 0 Å². The Morgan fingerprint density at radius 3 is 1.87 bits per heavy atom. The van der Waals surface area contributed by atoms with E-state index in [0.717, 1.165) is 24.7 Å². The molecule has 0 spiro atoms. The Bertz CT molecular complexity index is 242. The molecule has 0 fully saturated rings. The van der Waals surface area contributed by atoms with Crippen molar-refractivity contribution in [1.82, 2.24) is 0 Å². The summed E-state index contributed by atoms with van der Waals surface area (Å²) < 4.78 is 22.1. The molecule has 0 saturated carbocycles. The van der Waals surface area contributed by atoms with Gasteiger partial charge in [-0.3, -0.25) is 0 Å². The first-order chi connectivity index (χ1) is 7.12. The van der Waals surface area contributed by atoms with Gasteiger partial charge in [0.25, 0.3) is 0 Å². The van der Waals surface area contributed by atoms with Gasteiger partial charge in [0.05, 0.1) is 5.75 Å². The molecule has 0 aliphatic heterocycles. The number of hydrogen-bond donors (Lipinski definition) is 0. The molecule has 0 unspecified atom stereocenters. The maximum atomic E-state index is 11.1. The minimum absolute atomic E-state index is 0.269. The van der Waals surface area contributed by atoms with E-state index in [1.165, 1.54) is 32.1 Å². The van der Waals surface area contributed by atoms with Gasteiger partial charge in [0.2, 0.25) is 0 Å². The number of hydrogen-bond acceptors (Lipinski definition) is 2. The highest BCUT2D eigenvalue weighted by Gasteiger charge is 2.03. The van der Waals surface area contributed by atoms with Crippen LogP contribution < -0.4 is 0 Å². The normalized spacial score (nSPS) is 11.5. The highest BCUT2D eigenvalue weighted by atomic mass is 32.2. The summed E-state index contributed by atoms with van der Waals surface area (Å²) in [6, 6.07) is 0. The minimum atomic E-state index is -2.96. The van der Waals surface area contributed by atoms with Crippen LogP contribution in [-0.2, 0) is 9.84 Å². The average molecular weight is 232 g/mol. The van der Waals surface area contributed by atoms with E-state index in [-0.39, 0.29) is 5.75 Å². The van der Waals surface area contributed by atoms with Crippen LogP contribution in [0.3, 0.4) is 0 Å². The predicted molar refractivity (Wildman–Crippen MR) is 66.6 cm³/mol. The quantitative estimate of drug-likeness (QED) is 0.538. The predicted octanol–water partition coefficient (Wildman–Crippen LogP) is 3.69. The molecule has 0 aromatic carbocycles. The van der Waals surface area contributed by atoms with Crippen molar-refractivity contribution < 1.29 is 8.42 Å². The second kappa shape index (κ2) is 8.96. The van der Waals surface area contributed by atoms with E-state index in [9.17, 15) is 8.42 Å². The Morgan fingerprint density at radius 1 is 0.933 bits per heavy atom. The second-order valence-corrected chi connectivity index (χ2v) is 6.08. The Balaban J connectivity index is 3.22. The molecular formula is C12H24O2S. The van der Waals surface area contributed by atoms with Crippen molar-refractivity contribution >= 4 is 9.84 Å². The Kier molecular flexibility index (Phi) is 8.77. The lowest BCUT2D eigenvalue weighted by molar-refractivity contribution is 0.576. The zero-order chi connectivity index (χ0) is 11.6. The molecule has 0 bridgehead atoms. The fraction of sp³-hybridized carbons (Fsp3) is 0.833. The molecule has 0 saturated heterocycles. The van der Waals surface area contributed by atoms with Crippen molar-refractivity contribution in [3.8, 4) is 0 Å². The average Bonchev–Trinajstić information content (AvgIpc) is 2.22. The fourth-order valence-electron chi connectivity index (χ4n) is 1.52. The van der Waals surface area contributed by atoms with E-state index < -0.39 is 9.84 Å². The maximum absolute atomic E-state index is 11.1. The summed E-state index contributed by atoms with van der Waals surface area (Å²) in [7, 11) is -2.96. The van der Waals surface area contributed by atoms with E-state index in [1.807, 2.05) is 0 Å². The van der Waals surface area contributed by atoms with Crippen LogP contribution in [0.15, 0.2) is 12.0 Å². The molecular weight excluding hydrogens is 208 g/mol. The Morgan fingerprint density at radius 2 is 1.40 bits per heavy atom. The van der Waals surface area contributed by atoms with E-state index in [1.54, 1.807) is 0 Å². The molecule has 0 rings (SSSR count). The van der Waals surface area contributed by atoms with Gasteiger partial charge in [0.15, 0.2) is 9.84 Å². The number of unbranched alkanes of at least 4 members (excludes halogenated alkanes) is 7.